The van der Waals surface area contributed by atoms with Gasteiger partial charge in [0.15, 0.2) is 6.21 Å². The molecule has 0 heterocycles. The van der Waals surface area contributed by atoms with Crippen LogP contribution >= 0.6 is 31.9 Å². The fourth-order valence-electron chi connectivity index (χ4n) is 1.35. The first-order chi connectivity index (χ1) is 8.15. The topological polar surface area (TPSA) is 26.1 Å². The maximum atomic E-state index is 11.8. The van der Waals surface area contributed by atoms with Gasteiger partial charge >= 0.3 is 0 Å². The first-order valence-corrected chi connectivity index (χ1v) is 6.56. The number of hydrogen-bond acceptors (Lipinski definition) is 1. The molecule has 0 unspecified atom stereocenters. The minimum absolute atomic E-state index is 0.608. The van der Waals surface area contributed by atoms with Gasteiger partial charge in [-0.2, -0.15) is 4.74 Å². The summed E-state index contributed by atoms with van der Waals surface area (Å²) in [4.78, 5) is 0. The maximum absolute atomic E-state index is 11.8. The van der Waals surface area contributed by atoms with Crippen molar-refractivity contribution in [2.45, 2.75) is 0 Å². The van der Waals surface area contributed by atoms with Crippen LogP contribution in [0.25, 0.3) is 0 Å². The summed E-state index contributed by atoms with van der Waals surface area (Å²) in [5, 5.41) is 11.8. The minimum Gasteiger partial charge on any atom is -0.618 e. The summed E-state index contributed by atoms with van der Waals surface area (Å²) in [5.41, 5.74) is 1.47. The smallest absolute Gasteiger partial charge is 0.216 e. The molecule has 0 bridgehead atoms. The third kappa shape index (κ3) is 3.41. The van der Waals surface area contributed by atoms with Crippen LogP contribution in [0.5, 0.6) is 0 Å². The largest absolute Gasteiger partial charge is 0.618 e. The van der Waals surface area contributed by atoms with Gasteiger partial charge in [0.25, 0.3) is 0 Å². The van der Waals surface area contributed by atoms with Crippen molar-refractivity contribution >= 4 is 43.8 Å². The Morgan fingerprint density at radius 2 is 1.29 bits per heavy atom. The lowest BCUT2D eigenvalue weighted by Gasteiger charge is -2.02. The summed E-state index contributed by atoms with van der Waals surface area (Å²) in [6, 6.07) is 14.8. The Hall–Kier alpha value is -1.13. The predicted octanol–water partition coefficient (Wildman–Crippen LogP) is 4.47. The van der Waals surface area contributed by atoms with Gasteiger partial charge in [-0.05, 0) is 36.4 Å². The van der Waals surface area contributed by atoms with Gasteiger partial charge in [-0.3, -0.25) is 0 Å². The second-order valence-electron chi connectivity index (χ2n) is 3.48. The van der Waals surface area contributed by atoms with E-state index in [4.69, 9.17) is 0 Å². The number of rotatable bonds is 2. The van der Waals surface area contributed by atoms with Crippen LogP contribution in [0.15, 0.2) is 57.5 Å². The van der Waals surface area contributed by atoms with Crippen molar-refractivity contribution in [1.29, 1.82) is 0 Å². The van der Waals surface area contributed by atoms with Gasteiger partial charge in [0.1, 0.15) is 0 Å². The fraction of sp³-hybridized carbons (Fsp3) is 0. The van der Waals surface area contributed by atoms with Gasteiger partial charge in [0.05, 0.1) is 0 Å². The van der Waals surface area contributed by atoms with Crippen molar-refractivity contribution in [2.75, 3.05) is 0 Å². The van der Waals surface area contributed by atoms with Gasteiger partial charge in [-0.25, -0.2) is 0 Å². The highest BCUT2D eigenvalue weighted by atomic mass is 79.9. The lowest BCUT2D eigenvalue weighted by Crippen LogP contribution is -1.98. The Labute approximate surface area is 116 Å². The molecular formula is C13H9Br2NO. The number of benzene rings is 2. The van der Waals surface area contributed by atoms with E-state index < -0.39 is 0 Å². The van der Waals surface area contributed by atoms with Crippen molar-refractivity contribution in [1.82, 2.24) is 0 Å². The first kappa shape index (κ1) is 12.3. The summed E-state index contributed by atoms with van der Waals surface area (Å²) in [6.07, 6.45) is 1.55. The zero-order valence-electron chi connectivity index (χ0n) is 8.81. The molecule has 2 aromatic rings. The van der Waals surface area contributed by atoms with E-state index >= 15 is 0 Å². The molecule has 0 saturated carbocycles. The van der Waals surface area contributed by atoms with Crippen molar-refractivity contribution < 1.29 is 4.74 Å². The molecule has 0 spiro atoms. The molecule has 0 aromatic heterocycles. The summed E-state index contributed by atoms with van der Waals surface area (Å²) in [7, 11) is 0. The number of nitrogens with zero attached hydrogens (tertiary/aromatic N) is 1. The quantitative estimate of drug-likeness (QED) is 0.338. The standard InChI is InChI=1S/C13H9Br2NO/c14-11-3-1-10(2-4-11)9-16(17)13-7-5-12(15)6-8-13/h1-9H/b16-9+. The lowest BCUT2D eigenvalue weighted by atomic mass is 10.2. The van der Waals surface area contributed by atoms with Gasteiger partial charge in [0, 0.05) is 26.6 Å². The minimum atomic E-state index is 0.608. The van der Waals surface area contributed by atoms with E-state index in [0.717, 1.165) is 19.2 Å². The average molecular weight is 355 g/mol. The Kier molecular flexibility index (Phi) is 3.97. The monoisotopic (exact) mass is 353 g/mol. The van der Waals surface area contributed by atoms with Crippen LogP contribution in [-0.4, -0.2) is 11.0 Å². The molecule has 86 valence electrons. The Morgan fingerprint density at radius 3 is 1.82 bits per heavy atom. The highest BCUT2D eigenvalue weighted by Crippen LogP contribution is 2.16. The van der Waals surface area contributed by atoms with E-state index in [1.807, 2.05) is 36.4 Å². The van der Waals surface area contributed by atoms with Gasteiger partial charge < -0.3 is 5.21 Å². The second kappa shape index (κ2) is 5.47. The third-order valence-electron chi connectivity index (χ3n) is 2.22. The molecule has 4 heteroatoms. The van der Waals surface area contributed by atoms with E-state index in [-0.39, 0.29) is 0 Å². The average Bonchev–Trinajstić information content (AvgIpc) is 2.33. The summed E-state index contributed by atoms with van der Waals surface area (Å²) < 4.78 is 2.81. The lowest BCUT2D eigenvalue weighted by molar-refractivity contribution is -0.354. The van der Waals surface area contributed by atoms with E-state index in [9.17, 15) is 5.21 Å². The predicted molar refractivity (Wildman–Crippen MR) is 76.7 cm³/mol. The Bertz CT molecular complexity index is 532. The molecule has 0 aliphatic rings. The maximum Gasteiger partial charge on any atom is 0.216 e. The third-order valence-corrected chi connectivity index (χ3v) is 3.27. The summed E-state index contributed by atoms with van der Waals surface area (Å²) in [6.45, 7) is 0. The zero-order valence-corrected chi connectivity index (χ0v) is 12.0. The summed E-state index contributed by atoms with van der Waals surface area (Å²) >= 11 is 6.69. The molecule has 0 radical (unpaired) electrons. The summed E-state index contributed by atoms with van der Waals surface area (Å²) in [5.74, 6) is 0. The van der Waals surface area contributed by atoms with E-state index in [0.29, 0.717) is 5.69 Å². The molecular weight excluding hydrogens is 346 g/mol. The highest BCUT2D eigenvalue weighted by molar-refractivity contribution is 9.10. The van der Waals surface area contributed by atoms with E-state index in [2.05, 4.69) is 31.9 Å². The molecule has 0 saturated heterocycles. The Morgan fingerprint density at radius 1 is 0.824 bits per heavy atom. The van der Waals surface area contributed by atoms with Crippen LogP contribution in [0, 0.1) is 5.21 Å². The fourth-order valence-corrected chi connectivity index (χ4v) is 1.88. The molecule has 2 aromatic carbocycles. The molecule has 2 rings (SSSR count). The molecule has 0 atom stereocenters. The normalized spacial score (nSPS) is 11.5. The molecule has 0 aliphatic heterocycles. The SMILES string of the molecule is [O-]/[N+](=C/c1ccc(Br)cc1)c1ccc(Br)cc1. The van der Waals surface area contributed by atoms with Crippen molar-refractivity contribution in [3.05, 3.63) is 68.2 Å². The highest BCUT2D eigenvalue weighted by Gasteiger charge is 2.01. The van der Waals surface area contributed by atoms with Crippen LogP contribution < -0.4 is 0 Å². The molecule has 2 nitrogen and oxygen atoms in total. The molecule has 0 N–H and O–H groups in total. The molecule has 17 heavy (non-hydrogen) atoms. The van der Waals surface area contributed by atoms with Gasteiger partial charge in [0.2, 0.25) is 5.69 Å². The van der Waals surface area contributed by atoms with Crippen LogP contribution in [0.1, 0.15) is 5.56 Å². The van der Waals surface area contributed by atoms with Crippen LogP contribution in [0.4, 0.5) is 5.69 Å². The van der Waals surface area contributed by atoms with Crippen molar-refractivity contribution in [2.24, 2.45) is 0 Å². The Balaban J connectivity index is 2.27. The molecule has 0 aliphatic carbocycles. The van der Waals surface area contributed by atoms with Crippen LogP contribution in [0.2, 0.25) is 0 Å². The number of halogens is 2. The van der Waals surface area contributed by atoms with E-state index in [1.54, 1.807) is 18.3 Å². The van der Waals surface area contributed by atoms with Crippen LogP contribution in [-0.2, 0) is 0 Å². The molecule has 0 fully saturated rings. The molecule has 0 amide bonds. The second-order valence-corrected chi connectivity index (χ2v) is 5.31. The van der Waals surface area contributed by atoms with E-state index in [1.165, 1.54) is 0 Å². The van der Waals surface area contributed by atoms with Crippen molar-refractivity contribution in [3.8, 4) is 0 Å². The van der Waals surface area contributed by atoms with Crippen LogP contribution in [0.3, 0.4) is 0 Å². The zero-order chi connectivity index (χ0) is 12.3. The van der Waals surface area contributed by atoms with Gasteiger partial charge in [-0.1, -0.05) is 31.9 Å². The first-order valence-electron chi connectivity index (χ1n) is 4.97. The van der Waals surface area contributed by atoms with Gasteiger partial charge in [-0.15, -0.1) is 0 Å². The van der Waals surface area contributed by atoms with Crippen molar-refractivity contribution in [3.63, 3.8) is 0 Å². The number of hydrogen-bond donors (Lipinski definition) is 0.